The Labute approximate surface area is 207 Å². The molecule has 1 aliphatic rings. The Kier molecular flexibility index (Phi) is 7.72. The van der Waals surface area contributed by atoms with Gasteiger partial charge in [-0.15, -0.1) is 0 Å². The van der Waals surface area contributed by atoms with Crippen LogP contribution in [0.2, 0.25) is 5.02 Å². The molecule has 5 heteroatoms. The van der Waals surface area contributed by atoms with Crippen LogP contribution in [0.5, 0.6) is 0 Å². The SMILES string of the molecule is COC(=O)C(CCCN1CCC(O)(c2ccc(Cl)cc2)CC1)(c1ccccc1)c1ccccc1. The highest BCUT2D eigenvalue weighted by atomic mass is 35.5. The van der Waals surface area contributed by atoms with E-state index >= 15 is 0 Å². The molecule has 0 spiro atoms. The van der Waals surface area contributed by atoms with Gasteiger partial charge >= 0.3 is 5.97 Å². The van der Waals surface area contributed by atoms with Crippen LogP contribution in [0.25, 0.3) is 0 Å². The topological polar surface area (TPSA) is 49.8 Å². The predicted molar refractivity (Wildman–Crippen MR) is 136 cm³/mol. The van der Waals surface area contributed by atoms with Gasteiger partial charge in [0.05, 0.1) is 12.7 Å². The molecule has 4 nitrogen and oxygen atoms in total. The molecule has 0 unspecified atom stereocenters. The van der Waals surface area contributed by atoms with Crippen molar-refractivity contribution in [3.63, 3.8) is 0 Å². The molecule has 3 aromatic carbocycles. The molecule has 0 aliphatic carbocycles. The van der Waals surface area contributed by atoms with Gasteiger partial charge in [-0.05, 0) is 61.1 Å². The van der Waals surface area contributed by atoms with Crippen molar-refractivity contribution in [2.75, 3.05) is 26.7 Å². The summed E-state index contributed by atoms with van der Waals surface area (Å²) in [4.78, 5) is 15.7. The monoisotopic (exact) mass is 477 g/mol. The highest BCUT2D eigenvalue weighted by Gasteiger charge is 2.43. The summed E-state index contributed by atoms with van der Waals surface area (Å²) in [5, 5.41) is 11.9. The van der Waals surface area contributed by atoms with E-state index < -0.39 is 11.0 Å². The van der Waals surface area contributed by atoms with Crippen molar-refractivity contribution in [2.24, 2.45) is 0 Å². The van der Waals surface area contributed by atoms with Gasteiger partial charge in [0.15, 0.2) is 0 Å². The lowest BCUT2D eigenvalue weighted by Crippen LogP contribution is -2.44. The summed E-state index contributed by atoms with van der Waals surface area (Å²) in [5.41, 5.74) is 1.16. The molecule has 0 amide bonds. The smallest absolute Gasteiger partial charge is 0.320 e. The number of ether oxygens (including phenoxy) is 1. The summed E-state index contributed by atoms with van der Waals surface area (Å²) in [5.74, 6) is -0.236. The lowest BCUT2D eigenvalue weighted by atomic mass is 9.71. The van der Waals surface area contributed by atoms with Crippen LogP contribution in [0.3, 0.4) is 0 Å². The fourth-order valence-electron chi connectivity index (χ4n) is 5.18. The third kappa shape index (κ3) is 5.05. The van der Waals surface area contributed by atoms with Crippen molar-refractivity contribution < 1.29 is 14.6 Å². The van der Waals surface area contributed by atoms with Crippen LogP contribution in [-0.2, 0) is 20.5 Å². The van der Waals surface area contributed by atoms with Crippen molar-refractivity contribution in [2.45, 2.75) is 36.7 Å². The first-order valence-corrected chi connectivity index (χ1v) is 12.3. The molecule has 0 saturated carbocycles. The van der Waals surface area contributed by atoms with Crippen LogP contribution in [0.1, 0.15) is 42.4 Å². The van der Waals surface area contributed by atoms with E-state index in [1.165, 1.54) is 7.11 Å². The Bertz CT molecular complexity index is 1020. The lowest BCUT2D eigenvalue weighted by molar-refractivity contribution is -0.146. The van der Waals surface area contributed by atoms with E-state index in [-0.39, 0.29) is 5.97 Å². The minimum Gasteiger partial charge on any atom is -0.468 e. The van der Waals surface area contributed by atoms with Gasteiger partial charge in [0, 0.05) is 18.1 Å². The molecular formula is C29H32ClNO3. The number of carbonyl (C=O) groups is 1. The van der Waals surface area contributed by atoms with E-state index in [9.17, 15) is 9.90 Å². The van der Waals surface area contributed by atoms with Crippen LogP contribution in [0.4, 0.5) is 0 Å². The third-order valence-corrected chi connectivity index (χ3v) is 7.41. The first-order valence-electron chi connectivity index (χ1n) is 11.9. The molecule has 0 aromatic heterocycles. The second-order valence-electron chi connectivity index (χ2n) is 9.11. The van der Waals surface area contributed by atoms with E-state index in [1.54, 1.807) is 0 Å². The van der Waals surface area contributed by atoms with Crippen LogP contribution >= 0.6 is 11.6 Å². The van der Waals surface area contributed by atoms with E-state index in [2.05, 4.69) is 4.90 Å². The molecule has 1 saturated heterocycles. The van der Waals surface area contributed by atoms with Gasteiger partial charge < -0.3 is 14.7 Å². The number of halogens is 1. The average molecular weight is 478 g/mol. The highest BCUT2D eigenvalue weighted by Crippen LogP contribution is 2.39. The Morgan fingerprint density at radius 3 is 1.97 bits per heavy atom. The maximum atomic E-state index is 13.3. The van der Waals surface area contributed by atoms with Gasteiger partial charge in [-0.25, -0.2) is 0 Å². The zero-order valence-electron chi connectivity index (χ0n) is 19.6. The number of benzene rings is 3. The van der Waals surface area contributed by atoms with E-state index in [1.807, 2.05) is 84.9 Å². The molecule has 0 bridgehead atoms. The van der Waals surface area contributed by atoms with Crippen LogP contribution in [-0.4, -0.2) is 42.7 Å². The summed E-state index contributed by atoms with van der Waals surface area (Å²) >= 11 is 6.01. The number of piperidine rings is 1. The first-order chi connectivity index (χ1) is 16.5. The number of hydrogen-bond donors (Lipinski definition) is 1. The zero-order chi connectivity index (χ0) is 24.0. The zero-order valence-corrected chi connectivity index (χ0v) is 20.4. The molecule has 34 heavy (non-hydrogen) atoms. The Hall–Kier alpha value is -2.66. The number of carbonyl (C=O) groups excluding carboxylic acids is 1. The minimum absolute atomic E-state index is 0.236. The van der Waals surface area contributed by atoms with Gasteiger partial charge in [-0.1, -0.05) is 84.4 Å². The number of methoxy groups -OCH3 is 1. The van der Waals surface area contributed by atoms with E-state index in [0.717, 1.165) is 42.7 Å². The molecule has 0 atom stereocenters. The average Bonchev–Trinajstić information content (AvgIpc) is 2.89. The van der Waals surface area contributed by atoms with Crippen molar-refractivity contribution in [3.05, 3.63) is 107 Å². The maximum absolute atomic E-state index is 13.3. The molecular weight excluding hydrogens is 446 g/mol. The maximum Gasteiger partial charge on any atom is 0.320 e. The number of likely N-dealkylation sites (tertiary alicyclic amines) is 1. The van der Waals surface area contributed by atoms with E-state index in [0.29, 0.717) is 24.3 Å². The Balaban J connectivity index is 1.47. The van der Waals surface area contributed by atoms with Gasteiger partial charge in [0.1, 0.15) is 5.41 Å². The predicted octanol–water partition coefficient (Wildman–Crippen LogP) is 5.56. The number of nitrogens with zero attached hydrogens (tertiary/aromatic N) is 1. The second kappa shape index (κ2) is 10.7. The lowest BCUT2D eigenvalue weighted by Gasteiger charge is -2.39. The summed E-state index contributed by atoms with van der Waals surface area (Å²) < 4.78 is 5.36. The number of aliphatic hydroxyl groups is 1. The third-order valence-electron chi connectivity index (χ3n) is 7.16. The second-order valence-corrected chi connectivity index (χ2v) is 9.55. The molecule has 1 aliphatic heterocycles. The van der Waals surface area contributed by atoms with Crippen LogP contribution in [0, 0.1) is 0 Å². The molecule has 4 rings (SSSR count). The van der Waals surface area contributed by atoms with Crippen molar-refractivity contribution >= 4 is 17.6 Å². The standard InChI is InChI=1S/C29H32ClNO3/c1-34-27(32)29(24-9-4-2-5-10-24,25-11-6-3-7-12-25)17-8-20-31-21-18-28(33,19-22-31)23-13-15-26(30)16-14-23/h2-7,9-16,33H,8,17-22H2,1H3. The van der Waals surface area contributed by atoms with Crippen LogP contribution < -0.4 is 0 Å². The first kappa shape index (κ1) is 24.5. The molecule has 1 N–H and O–H groups in total. The van der Waals surface area contributed by atoms with Crippen molar-refractivity contribution in [3.8, 4) is 0 Å². The number of rotatable bonds is 8. The fraction of sp³-hybridized carbons (Fsp3) is 0.345. The molecule has 178 valence electrons. The quantitative estimate of drug-likeness (QED) is 0.431. The van der Waals surface area contributed by atoms with Crippen LogP contribution in [0.15, 0.2) is 84.9 Å². The molecule has 3 aromatic rings. The summed E-state index contributed by atoms with van der Waals surface area (Å²) in [6.45, 7) is 2.47. The van der Waals surface area contributed by atoms with Gasteiger partial charge in [0.25, 0.3) is 0 Å². The Morgan fingerprint density at radius 2 is 1.47 bits per heavy atom. The normalized spacial score (nSPS) is 16.2. The molecule has 0 radical (unpaired) electrons. The minimum atomic E-state index is -0.850. The number of esters is 1. The summed E-state index contributed by atoms with van der Waals surface area (Å²) in [7, 11) is 1.46. The number of hydrogen-bond acceptors (Lipinski definition) is 4. The summed E-state index contributed by atoms with van der Waals surface area (Å²) in [6.07, 6.45) is 2.83. The highest BCUT2D eigenvalue weighted by molar-refractivity contribution is 6.30. The largest absolute Gasteiger partial charge is 0.468 e. The van der Waals surface area contributed by atoms with E-state index in [4.69, 9.17) is 16.3 Å². The summed E-state index contributed by atoms with van der Waals surface area (Å²) in [6, 6.07) is 27.4. The van der Waals surface area contributed by atoms with Crippen molar-refractivity contribution in [1.82, 2.24) is 4.90 Å². The van der Waals surface area contributed by atoms with Gasteiger partial charge in [0.2, 0.25) is 0 Å². The molecule has 1 heterocycles. The van der Waals surface area contributed by atoms with Crippen molar-refractivity contribution in [1.29, 1.82) is 0 Å². The Morgan fingerprint density at radius 1 is 0.941 bits per heavy atom. The van der Waals surface area contributed by atoms with Gasteiger partial charge in [-0.2, -0.15) is 0 Å². The molecule has 1 fully saturated rings. The fourth-order valence-corrected chi connectivity index (χ4v) is 5.30. The van der Waals surface area contributed by atoms with Gasteiger partial charge in [-0.3, -0.25) is 4.79 Å².